The largest absolute Gasteiger partial charge is 0.405 e. The monoisotopic (exact) mass is 432 g/mol. The fourth-order valence-corrected chi connectivity index (χ4v) is 2.78. The van der Waals surface area contributed by atoms with Crippen LogP contribution in [0.2, 0.25) is 5.15 Å². The lowest BCUT2D eigenvalue weighted by Gasteiger charge is -2.16. The van der Waals surface area contributed by atoms with E-state index in [4.69, 9.17) is 11.6 Å². The molecule has 0 spiro atoms. The molecule has 0 fully saturated rings. The van der Waals surface area contributed by atoms with E-state index in [0.29, 0.717) is 12.1 Å². The summed E-state index contributed by atoms with van der Waals surface area (Å²) in [7, 11) is 0. The molecular weight excluding hydrogens is 422 g/mol. The molecule has 4 nitrogen and oxygen atoms in total. The van der Waals surface area contributed by atoms with E-state index in [0.717, 1.165) is 5.56 Å². The summed E-state index contributed by atoms with van der Waals surface area (Å²) in [6, 6.07) is 3.97. The first kappa shape index (κ1) is 20.8. The fourth-order valence-electron chi connectivity index (χ4n) is 2.52. The lowest BCUT2D eigenvalue weighted by Crippen LogP contribution is -2.22. The van der Waals surface area contributed by atoms with Gasteiger partial charge >= 0.3 is 6.18 Å². The Balaban J connectivity index is 2.22. The molecule has 0 saturated carbocycles. The quantitative estimate of drug-likeness (QED) is 0.433. The van der Waals surface area contributed by atoms with Crippen LogP contribution >= 0.6 is 11.6 Å². The van der Waals surface area contributed by atoms with Gasteiger partial charge in [-0.05, 0) is 24.6 Å². The van der Waals surface area contributed by atoms with E-state index >= 15 is 0 Å². The van der Waals surface area contributed by atoms with Crippen molar-refractivity contribution < 1.29 is 26.3 Å². The maximum atomic E-state index is 14.3. The maximum Gasteiger partial charge on any atom is 0.405 e. The third-order valence-corrected chi connectivity index (χ3v) is 4.00. The van der Waals surface area contributed by atoms with Gasteiger partial charge in [0, 0.05) is 18.3 Å². The number of hydrogen-bond donors (Lipinski definition) is 1. The molecule has 0 radical (unpaired) electrons. The third-order valence-electron chi connectivity index (χ3n) is 3.72. The number of nitrogens with zero attached hydrogens (tertiary/aromatic N) is 3. The standard InChI is InChI=1S/C18H11ClF6N4/c1-8-2-3-26-12(4-8)16-28-15(19)14(17(29-16)27-7-18(23,24)25)13-10(21)5-9(20)6-11(13)22/h2-6H,7H2,1H3,(H,27,28,29). The van der Waals surface area contributed by atoms with Crippen LogP contribution in [0.3, 0.4) is 0 Å². The van der Waals surface area contributed by atoms with Gasteiger partial charge in [0.25, 0.3) is 0 Å². The molecule has 0 aliphatic carbocycles. The average molecular weight is 433 g/mol. The number of alkyl halides is 3. The van der Waals surface area contributed by atoms with Crippen molar-refractivity contribution in [3.63, 3.8) is 0 Å². The number of benzene rings is 1. The number of aryl methyl sites for hydroxylation is 1. The van der Waals surface area contributed by atoms with Crippen LogP contribution in [0.25, 0.3) is 22.6 Å². The van der Waals surface area contributed by atoms with E-state index in [1.165, 1.54) is 6.20 Å². The van der Waals surface area contributed by atoms with Crippen LogP contribution in [0.4, 0.5) is 32.2 Å². The first-order valence-electron chi connectivity index (χ1n) is 8.01. The van der Waals surface area contributed by atoms with Gasteiger partial charge in [-0.15, -0.1) is 0 Å². The second kappa shape index (κ2) is 7.86. The van der Waals surface area contributed by atoms with E-state index < -0.39 is 52.3 Å². The van der Waals surface area contributed by atoms with E-state index in [-0.39, 0.29) is 11.5 Å². The summed E-state index contributed by atoms with van der Waals surface area (Å²) in [6.45, 7) is 0.186. The van der Waals surface area contributed by atoms with Gasteiger partial charge in [0.15, 0.2) is 5.82 Å². The summed E-state index contributed by atoms with van der Waals surface area (Å²) in [4.78, 5) is 11.9. The van der Waals surface area contributed by atoms with Crippen LogP contribution in [-0.4, -0.2) is 27.7 Å². The Kier molecular flexibility index (Phi) is 5.65. The maximum absolute atomic E-state index is 14.3. The molecule has 2 heterocycles. The number of rotatable bonds is 4. The van der Waals surface area contributed by atoms with Crippen LogP contribution in [-0.2, 0) is 0 Å². The summed E-state index contributed by atoms with van der Waals surface area (Å²) in [5.74, 6) is -4.68. The summed E-state index contributed by atoms with van der Waals surface area (Å²) in [5.41, 5.74) is -0.472. The fraction of sp³-hybridized carbons (Fsp3) is 0.167. The average Bonchev–Trinajstić information content (AvgIpc) is 2.60. The molecule has 0 saturated heterocycles. The zero-order valence-corrected chi connectivity index (χ0v) is 15.3. The van der Waals surface area contributed by atoms with Gasteiger partial charge in [-0.3, -0.25) is 4.98 Å². The Labute approximate surface area is 165 Å². The predicted molar refractivity (Wildman–Crippen MR) is 94.9 cm³/mol. The number of halogens is 7. The zero-order valence-electron chi connectivity index (χ0n) is 14.6. The van der Waals surface area contributed by atoms with Gasteiger partial charge in [-0.25, -0.2) is 23.1 Å². The minimum absolute atomic E-state index is 0.157. The number of aromatic nitrogens is 3. The van der Waals surface area contributed by atoms with Crippen molar-refractivity contribution in [1.29, 1.82) is 0 Å². The molecule has 1 aromatic carbocycles. The number of hydrogen-bond acceptors (Lipinski definition) is 4. The Morgan fingerprint density at radius 3 is 2.24 bits per heavy atom. The van der Waals surface area contributed by atoms with Crippen LogP contribution in [0, 0.1) is 24.4 Å². The van der Waals surface area contributed by atoms with Crippen molar-refractivity contribution in [3.05, 3.63) is 58.6 Å². The molecule has 0 unspecified atom stereocenters. The molecule has 0 aliphatic rings. The van der Waals surface area contributed by atoms with E-state index in [9.17, 15) is 26.3 Å². The van der Waals surface area contributed by atoms with E-state index in [1.54, 1.807) is 19.1 Å². The van der Waals surface area contributed by atoms with Crippen LogP contribution in [0.5, 0.6) is 0 Å². The summed E-state index contributed by atoms with van der Waals surface area (Å²) in [5, 5.41) is 1.44. The second-order valence-electron chi connectivity index (χ2n) is 5.99. The molecule has 29 heavy (non-hydrogen) atoms. The molecule has 0 amide bonds. The summed E-state index contributed by atoms with van der Waals surface area (Å²) < 4.78 is 79.9. The lowest BCUT2D eigenvalue weighted by molar-refractivity contribution is -0.115. The van der Waals surface area contributed by atoms with Crippen molar-refractivity contribution in [2.24, 2.45) is 0 Å². The summed E-state index contributed by atoms with van der Waals surface area (Å²) >= 11 is 6.07. The third kappa shape index (κ3) is 4.76. The zero-order chi connectivity index (χ0) is 21.3. The molecule has 3 rings (SSSR count). The topological polar surface area (TPSA) is 50.7 Å². The first-order chi connectivity index (χ1) is 13.5. The molecule has 0 atom stereocenters. The Hall–Kier alpha value is -2.88. The van der Waals surface area contributed by atoms with Crippen LogP contribution in [0.15, 0.2) is 30.5 Å². The highest BCUT2D eigenvalue weighted by Gasteiger charge is 2.29. The van der Waals surface area contributed by atoms with Crippen molar-refractivity contribution in [2.45, 2.75) is 13.1 Å². The highest BCUT2D eigenvalue weighted by Crippen LogP contribution is 2.38. The molecule has 3 aromatic rings. The molecular formula is C18H11ClF6N4. The number of nitrogens with one attached hydrogen (secondary N) is 1. The minimum atomic E-state index is -4.66. The van der Waals surface area contributed by atoms with Gasteiger partial charge in [-0.1, -0.05) is 11.6 Å². The van der Waals surface area contributed by atoms with Crippen molar-refractivity contribution in [2.75, 3.05) is 11.9 Å². The van der Waals surface area contributed by atoms with Gasteiger partial charge in [0.05, 0.1) is 11.1 Å². The Morgan fingerprint density at radius 1 is 1.00 bits per heavy atom. The van der Waals surface area contributed by atoms with Crippen LogP contribution < -0.4 is 5.32 Å². The smallest absolute Gasteiger partial charge is 0.360 e. The van der Waals surface area contributed by atoms with Crippen molar-refractivity contribution in [3.8, 4) is 22.6 Å². The highest BCUT2D eigenvalue weighted by atomic mass is 35.5. The molecule has 152 valence electrons. The highest BCUT2D eigenvalue weighted by molar-refractivity contribution is 6.32. The number of pyridine rings is 1. The van der Waals surface area contributed by atoms with Gasteiger partial charge in [-0.2, -0.15) is 13.2 Å². The normalized spacial score (nSPS) is 11.6. The van der Waals surface area contributed by atoms with E-state index in [2.05, 4.69) is 15.0 Å². The van der Waals surface area contributed by atoms with Gasteiger partial charge in [0.2, 0.25) is 0 Å². The predicted octanol–water partition coefficient (Wildman–Crippen LogP) is 5.56. The number of anilines is 1. The van der Waals surface area contributed by atoms with Gasteiger partial charge < -0.3 is 5.32 Å². The SMILES string of the molecule is Cc1ccnc(-c2nc(Cl)c(-c3c(F)cc(F)cc3F)c(NCC(F)(F)F)n2)c1. The first-order valence-corrected chi connectivity index (χ1v) is 8.39. The molecule has 2 aromatic heterocycles. The Bertz CT molecular complexity index is 1050. The second-order valence-corrected chi connectivity index (χ2v) is 6.35. The molecule has 0 bridgehead atoms. The molecule has 1 N–H and O–H groups in total. The van der Waals surface area contributed by atoms with Crippen molar-refractivity contribution >= 4 is 17.4 Å². The Morgan fingerprint density at radius 2 is 1.66 bits per heavy atom. The summed E-state index contributed by atoms with van der Waals surface area (Å²) in [6.07, 6.45) is -3.23. The van der Waals surface area contributed by atoms with E-state index in [1.807, 2.05) is 5.32 Å². The van der Waals surface area contributed by atoms with Gasteiger partial charge in [0.1, 0.15) is 40.7 Å². The van der Waals surface area contributed by atoms with Crippen LogP contribution in [0.1, 0.15) is 5.56 Å². The van der Waals surface area contributed by atoms with Crippen molar-refractivity contribution in [1.82, 2.24) is 15.0 Å². The molecule has 11 heteroatoms. The lowest BCUT2D eigenvalue weighted by atomic mass is 10.1. The minimum Gasteiger partial charge on any atom is -0.360 e. The molecule has 0 aliphatic heterocycles.